The van der Waals surface area contributed by atoms with Crippen LogP contribution >= 0.6 is 11.8 Å². The average molecular weight is 306 g/mol. The van der Waals surface area contributed by atoms with Crippen molar-refractivity contribution in [2.75, 3.05) is 12.8 Å². The SMILES string of the molecule is CCCNCc1cc(F)cnc1Oc1ccccc1SC. The van der Waals surface area contributed by atoms with Gasteiger partial charge in [0.25, 0.3) is 0 Å². The minimum atomic E-state index is -0.353. The third-order valence-electron chi connectivity index (χ3n) is 2.91. The summed E-state index contributed by atoms with van der Waals surface area (Å²) in [4.78, 5) is 5.11. The molecule has 0 unspecified atom stereocenters. The number of nitrogens with zero attached hydrogens (tertiary/aromatic N) is 1. The van der Waals surface area contributed by atoms with Gasteiger partial charge in [-0.25, -0.2) is 9.37 Å². The highest BCUT2D eigenvalue weighted by atomic mass is 32.2. The Morgan fingerprint density at radius 3 is 2.90 bits per heavy atom. The fourth-order valence-corrected chi connectivity index (χ4v) is 2.42. The van der Waals surface area contributed by atoms with Gasteiger partial charge in [-0.15, -0.1) is 11.8 Å². The first-order valence-electron chi connectivity index (χ1n) is 6.90. The Bertz CT molecular complexity index is 592. The molecule has 3 nitrogen and oxygen atoms in total. The lowest BCUT2D eigenvalue weighted by Crippen LogP contribution is -2.15. The number of benzene rings is 1. The lowest BCUT2D eigenvalue weighted by molar-refractivity contribution is 0.439. The minimum absolute atomic E-state index is 0.353. The van der Waals surface area contributed by atoms with Crippen LogP contribution in [-0.2, 0) is 6.54 Å². The Labute approximate surface area is 128 Å². The summed E-state index contributed by atoms with van der Waals surface area (Å²) in [5.74, 6) is 0.830. The number of halogens is 1. The molecule has 1 N–H and O–H groups in total. The monoisotopic (exact) mass is 306 g/mol. The predicted octanol–water partition coefficient (Wildman–Crippen LogP) is 4.23. The van der Waals surface area contributed by atoms with E-state index in [0.717, 1.165) is 29.2 Å². The zero-order valence-corrected chi connectivity index (χ0v) is 13.0. The summed E-state index contributed by atoms with van der Waals surface area (Å²) in [5.41, 5.74) is 0.722. The van der Waals surface area contributed by atoms with Crippen LogP contribution in [-0.4, -0.2) is 17.8 Å². The van der Waals surface area contributed by atoms with Gasteiger partial charge in [0.15, 0.2) is 0 Å². The van der Waals surface area contributed by atoms with Crippen LogP contribution in [0.15, 0.2) is 41.4 Å². The van der Waals surface area contributed by atoms with Gasteiger partial charge in [0.05, 0.1) is 6.20 Å². The smallest absolute Gasteiger partial charge is 0.223 e. The van der Waals surface area contributed by atoms with E-state index in [1.54, 1.807) is 11.8 Å². The number of hydrogen-bond donors (Lipinski definition) is 1. The molecule has 0 radical (unpaired) electrons. The Balaban J connectivity index is 2.22. The third kappa shape index (κ3) is 4.44. The molecule has 0 saturated heterocycles. The van der Waals surface area contributed by atoms with Gasteiger partial charge in [-0.1, -0.05) is 19.1 Å². The van der Waals surface area contributed by atoms with E-state index < -0.39 is 0 Å². The highest BCUT2D eigenvalue weighted by Crippen LogP contribution is 2.31. The predicted molar refractivity (Wildman–Crippen MR) is 84.5 cm³/mol. The fraction of sp³-hybridized carbons (Fsp3) is 0.312. The molecule has 0 aliphatic rings. The lowest BCUT2D eigenvalue weighted by atomic mass is 10.2. The molecule has 112 valence electrons. The largest absolute Gasteiger partial charge is 0.438 e. The zero-order valence-electron chi connectivity index (χ0n) is 12.2. The second-order valence-electron chi connectivity index (χ2n) is 4.55. The summed E-state index contributed by atoms with van der Waals surface area (Å²) >= 11 is 1.60. The van der Waals surface area contributed by atoms with E-state index in [2.05, 4.69) is 17.2 Å². The number of thioether (sulfide) groups is 1. The van der Waals surface area contributed by atoms with Crippen LogP contribution in [0.2, 0.25) is 0 Å². The van der Waals surface area contributed by atoms with Gasteiger partial charge in [0.2, 0.25) is 5.88 Å². The van der Waals surface area contributed by atoms with Crippen molar-refractivity contribution in [2.24, 2.45) is 0 Å². The highest BCUT2D eigenvalue weighted by molar-refractivity contribution is 7.98. The van der Waals surface area contributed by atoms with Gasteiger partial charge in [-0.05, 0) is 37.4 Å². The van der Waals surface area contributed by atoms with Gasteiger partial charge in [-0.2, -0.15) is 0 Å². The van der Waals surface area contributed by atoms with E-state index in [4.69, 9.17) is 4.74 Å². The van der Waals surface area contributed by atoms with Crippen molar-refractivity contribution in [3.63, 3.8) is 0 Å². The lowest BCUT2D eigenvalue weighted by Gasteiger charge is -2.12. The Morgan fingerprint density at radius 1 is 1.33 bits per heavy atom. The van der Waals surface area contributed by atoms with Crippen LogP contribution in [0.5, 0.6) is 11.6 Å². The molecule has 0 amide bonds. The van der Waals surface area contributed by atoms with Crippen molar-refractivity contribution in [3.05, 3.63) is 47.9 Å². The quantitative estimate of drug-likeness (QED) is 0.613. The molecule has 1 aromatic carbocycles. The van der Waals surface area contributed by atoms with Gasteiger partial charge in [0, 0.05) is 17.0 Å². The number of ether oxygens (including phenoxy) is 1. The molecule has 0 atom stereocenters. The van der Waals surface area contributed by atoms with E-state index in [1.807, 2.05) is 30.5 Å². The average Bonchev–Trinajstić information content (AvgIpc) is 2.50. The van der Waals surface area contributed by atoms with Crippen LogP contribution in [0.3, 0.4) is 0 Å². The summed E-state index contributed by atoms with van der Waals surface area (Å²) in [6, 6.07) is 9.21. The van der Waals surface area contributed by atoms with Crippen molar-refractivity contribution in [1.29, 1.82) is 0 Å². The second kappa shape index (κ2) is 8.00. The number of nitrogens with one attached hydrogen (secondary N) is 1. The molecule has 0 bridgehead atoms. The number of hydrogen-bond acceptors (Lipinski definition) is 4. The van der Waals surface area contributed by atoms with Gasteiger partial charge < -0.3 is 10.1 Å². The summed E-state index contributed by atoms with van der Waals surface area (Å²) in [7, 11) is 0. The molecule has 0 fully saturated rings. The van der Waals surface area contributed by atoms with Gasteiger partial charge in [-0.3, -0.25) is 0 Å². The third-order valence-corrected chi connectivity index (χ3v) is 3.69. The van der Waals surface area contributed by atoms with Crippen LogP contribution in [0.1, 0.15) is 18.9 Å². The molecule has 2 rings (SSSR count). The first kappa shape index (κ1) is 15.8. The summed E-state index contributed by atoms with van der Waals surface area (Å²) < 4.78 is 19.3. The number of aromatic nitrogens is 1. The maximum absolute atomic E-state index is 13.4. The first-order chi connectivity index (χ1) is 10.2. The molecule has 1 heterocycles. The topological polar surface area (TPSA) is 34.2 Å². The van der Waals surface area contributed by atoms with Crippen molar-refractivity contribution in [3.8, 4) is 11.6 Å². The van der Waals surface area contributed by atoms with Gasteiger partial charge in [0.1, 0.15) is 11.6 Å². The standard InChI is InChI=1S/C16H19FN2OS/c1-3-8-18-10-12-9-13(17)11-19-16(12)20-14-6-4-5-7-15(14)21-2/h4-7,9,11,18H,3,8,10H2,1-2H3. The van der Waals surface area contributed by atoms with Gasteiger partial charge >= 0.3 is 0 Å². The second-order valence-corrected chi connectivity index (χ2v) is 5.40. The van der Waals surface area contributed by atoms with Crippen LogP contribution < -0.4 is 10.1 Å². The van der Waals surface area contributed by atoms with E-state index in [-0.39, 0.29) is 5.82 Å². The molecule has 0 aliphatic carbocycles. The van der Waals surface area contributed by atoms with Crippen molar-refractivity contribution in [2.45, 2.75) is 24.8 Å². The molecule has 0 aliphatic heterocycles. The zero-order chi connectivity index (χ0) is 15.1. The van der Waals surface area contributed by atoms with E-state index in [0.29, 0.717) is 12.4 Å². The number of rotatable bonds is 7. The first-order valence-corrected chi connectivity index (χ1v) is 8.13. The van der Waals surface area contributed by atoms with Crippen molar-refractivity contribution in [1.82, 2.24) is 10.3 Å². The maximum Gasteiger partial charge on any atom is 0.223 e. The molecular formula is C16H19FN2OS. The van der Waals surface area contributed by atoms with Crippen LogP contribution in [0.25, 0.3) is 0 Å². The molecule has 5 heteroatoms. The van der Waals surface area contributed by atoms with Crippen molar-refractivity contribution < 1.29 is 9.13 Å². The molecular weight excluding hydrogens is 287 g/mol. The van der Waals surface area contributed by atoms with Crippen LogP contribution in [0, 0.1) is 5.82 Å². The molecule has 1 aromatic heterocycles. The minimum Gasteiger partial charge on any atom is -0.438 e. The molecule has 21 heavy (non-hydrogen) atoms. The Morgan fingerprint density at radius 2 is 2.14 bits per heavy atom. The molecule has 0 saturated carbocycles. The van der Waals surface area contributed by atoms with Crippen LogP contribution in [0.4, 0.5) is 4.39 Å². The van der Waals surface area contributed by atoms with E-state index in [1.165, 1.54) is 12.3 Å². The Kier molecular flexibility index (Phi) is 6.02. The molecule has 2 aromatic rings. The summed E-state index contributed by atoms with van der Waals surface area (Å²) in [6.07, 6.45) is 4.19. The van der Waals surface area contributed by atoms with E-state index >= 15 is 0 Å². The summed E-state index contributed by atoms with van der Waals surface area (Å²) in [6.45, 7) is 3.50. The number of pyridine rings is 1. The fourth-order valence-electron chi connectivity index (χ4n) is 1.89. The highest BCUT2D eigenvalue weighted by Gasteiger charge is 2.10. The number of para-hydroxylation sites is 1. The summed E-state index contributed by atoms with van der Waals surface area (Å²) in [5, 5.41) is 3.24. The van der Waals surface area contributed by atoms with E-state index in [9.17, 15) is 4.39 Å². The molecule has 0 spiro atoms. The Hall–Kier alpha value is -1.59. The normalized spacial score (nSPS) is 10.6. The van der Waals surface area contributed by atoms with Crippen molar-refractivity contribution >= 4 is 11.8 Å². The maximum atomic E-state index is 13.4.